The molecule has 3 heteroatoms. The van der Waals surface area contributed by atoms with Gasteiger partial charge in [-0.3, -0.25) is 0 Å². The standard InChI is InChI=1S/C11H11NO2/c1-2-8-12-11(13)14-9-10-6-4-3-5-7-10/h1,3-7H,8-9H2,(H,12,13). The van der Waals surface area contributed by atoms with Gasteiger partial charge in [-0.25, -0.2) is 4.79 Å². The van der Waals surface area contributed by atoms with Gasteiger partial charge in [0, 0.05) is 0 Å². The van der Waals surface area contributed by atoms with Crippen molar-refractivity contribution < 1.29 is 9.53 Å². The van der Waals surface area contributed by atoms with E-state index < -0.39 is 6.09 Å². The number of terminal acetylenes is 1. The van der Waals surface area contributed by atoms with Crippen LogP contribution in [0.5, 0.6) is 0 Å². The predicted molar refractivity (Wildman–Crippen MR) is 53.5 cm³/mol. The number of hydrogen-bond acceptors (Lipinski definition) is 2. The number of carbonyl (C=O) groups is 1. The first-order chi connectivity index (χ1) is 6.83. The van der Waals surface area contributed by atoms with Crippen molar-refractivity contribution >= 4 is 6.09 Å². The molecule has 1 aromatic rings. The Balaban J connectivity index is 2.28. The minimum Gasteiger partial charge on any atom is -0.445 e. The van der Waals surface area contributed by atoms with E-state index >= 15 is 0 Å². The molecule has 0 atom stereocenters. The average Bonchev–Trinajstić information content (AvgIpc) is 2.25. The fourth-order valence-electron chi connectivity index (χ4n) is 0.897. The number of rotatable bonds is 3. The molecule has 1 aromatic carbocycles. The van der Waals surface area contributed by atoms with Gasteiger partial charge in [-0.15, -0.1) is 6.42 Å². The number of hydrogen-bond donors (Lipinski definition) is 1. The molecule has 0 fully saturated rings. The molecule has 0 spiro atoms. The summed E-state index contributed by atoms with van der Waals surface area (Å²) in [6, 6.07) is 9.45. The van der Waals surface area contributed by atoms with Gasteiger partial charge < -0.3 is 10.1 Å². The molecule has 0 aromatic heterocycles. The van der Waals surface area contributed by atoms with Crippen molar-refractivity contribution in [2.45, 2.75) is 6.61 Å². The van der Waals surface area contributed by atoms with Crippen LogP contribution in [0.1, 0.15) is 5.56 Å². The SMILES string of the molecule is C#CCNC(=O)OCc1ccccc1. The van der Waals surface area contributed by atoms with Crippen LogP contribution in [0.15, 0.2) is 30.3 Å². The van der Waals surface area contributed by atoms with Gasteiger partial charge in [-0.2, -0.15) is 0 Å². The van der Waals surface area contributed by atoms with E-state index in [1.807, 2.05) is 30.3 Å². The van der Waals surface area contributed by atoms with E-state index in [1.54, 1.807) is 0 Å². The molecule has 72 valence electrons. The summed E-state index contributed by atoms with van der Waals surface area (Å²) in [5, 5.41) is 2.41. The minimum atomic E-state index is -0.494. The number of nitrogens with one attached hydrogen (secondary N) is 1. The van der Waals surface area contributed by atoms with Crippen LogP contribution in [0.3, 0.4) is 0 Å². The molecule has 0 aliphatic heterocycles. The Bertz CT molecular complexity index is 327. The third kappa shape index (κ3) is 3.63. The quantitative estimate of drug-likeness (QED) is 0.732. The van der Waals surface area contributed by atoms with E-state index in [0.29, 0.717) is 0 Å². The summed E-state index contributed by atoms with van der Waals surface area (Å²) in [7, 11) is 0. The monoisotopic (exact) mass is 189 g/mol. The van der Waals surface area contributed by atoms with Gasteiger partial charge in [0.15, 0.2) is 0 Å². The van der Waals surface area contributed by atoms with E-state index in [2.05, 4.69) is 11.2 Å². The highest BCUT2D eigenvalue weighted by atomic mass is 16.5. The Kier molecular flexibility index (Phi) is 4.09. The van der Waals surface area contributed by atoms with Crippen molar-refractivity contribution in [1.82, 2.24) is 5.32 Å². The second-order valence-electron chi connectivity index (χ2n) is 2.62. The van der Waals surface area contributed by atoms with Gasteiger partial charge in [-0.1, -0.05) is 36.3 Å². The van der Waals surface area contributed by atoms with Gasteiger partial charge in [0.05, 0.1) is 6.54 Å². The maximum Gasteiger partial charge on any atom is 0.408 e. The molecule has 3 nitrogen and oxygen atoms in total. The Labute approximate surface area is 83.1 Å². The highest BCUT2D eigenvalue weighted by molar-refractivity contribution is 5.67. The maximum atomic E-state index is 10.9. The molecule has 1 amide bonds. The zero-order valence-electron chi connectivity index (χ0n) is 7.69. The summed E-state index contributed by atoms with van der Waals surface area (Å²) in [5.74, 6) is 2.28. The molecular weight excluding hydrogens is 178 g/mol. The number of ether oxygens (including phenoxy) is 1. The number of carbonyl (C=O) groups excluding carboxylic acids is 1. The summed E-state index contributed by atoms with van der Waals surface area (Å²) >= 11 is 0. The Morgan fingerprint density at radius 3 is 2.79 bits per heavy atom. The second kappa shape index (κ2) is 5.65. The highest BCUT2D eigenvalue weighted by Crippen LogP contribution is 1.99. The summed E-state index contributed by atoms with van der Waals surface area (Å²) in [6.45, 7) is 0.449. The normalized spacial score (nSPS) is 8.79. The molecule has 0 unspecified atom stereocenters. The van der Waals surface area contributed by atoms with Crippen molar-refractivity contribution in [3.63, 3.8) is 0 Å². The molecule has 0 saturated heterocycles. The fraction of sp³-hybridized carbons (Fsp3) is 0.182. The number of benzene rings is 1. The van der Waals surface area contributed by atoms with E-state index in [-0.39, 0.29) is 13.2 Å². The van der Waals surface area contributed by atoms with Gasteiger partial charge in [0.1, 0.15) is 6.61 Å². The van der Waals surface area contributed by atoms with Crippen LogP contribution in [0.2, 0.25) is 0 Å². The molecule has 0 heterocycles. The van der Waals surface area contributed by atoms with Crippen molar-refractivity contribution in [3.8, 4) is 12.3 Å². The van der Waals surface area contributed by atoms with Gasteiger partial charge in [0.2, 0.25) is 0 Å². The molecule has 0 aliphatic rings. The summed E-state index contributed by atoms with van der Waals surface area (Å²) in [6.07, 6.45) is 4.47. The smallest absolute Gasteiger partial charge is 0.408 e. The lowest BCUT2D eigenvalue weighted by molar-refractivity contribution is 0.141. The lowest BCUT2D eigenvalue weighted by atomic mass is 10.2. The largest absolute Gasteiger partial charge is 0.445 e. The van der Waals surface area contributed by atoms with Crippen LogP contribution >= 0.6 is 0 Å². The lowest BCUT2D eigenvalue weighted by Gasteiger charge is -2.04. The molecule has 0 saturated carbocycles. The zero-order valence-corrected chi connectivity index (χ0v) is 7.69. The van der Waals surface area contributed by atoms with Crippen LogP contribution in [0, 0.1) is 12.3 Å². The third-order valence-electron chi connectivity index (χ3n) is 1.55. The summed E-state index contributed by atoms with van der Waals surface area (Å²) in [5.41, 5.74) is 0.948. The Hall–Kier alpha value is -1.95. The first-order valence-electron chi connectivity index (χ1n) is 4.21. The molecule has 1 rings (SSSR count). The third-order valence-corrected chi connectivity index (χ3v) is 1.55. The fourth-order valence-corrected chi connectivity index (χ4v) is 0.897. The second-order valence-corrected chi connectivity index (χ2v) is 2.62. The van der Waals surface area contributed by atoms with Crippen LogP contribution in [-0.4, -0.2) is 12.6 Å². The maximum absolute atomic E-state index is 10.9. The molecule has 0 bridgehead atoms. The van der Waals surface area contributed by atoms with Crippen molar-refractivity contribution in [2.75, 3.05) is 6.54 Å². The lowest BCUT2D eigenvalue weighted by Crippen LogP contribution is -2.24. The zero-order chi connectivity index (χ0) is 10.2. The van der Waals surface area contributed by atoms with Crippen molar-refractivity contribution in [2.24, 2.45) is 0 Å². The van der Waals surface area contributed by atoms with Crippen LogP contribution in [0.25, 0.3) is 0 Å². The van der Waals surface area contributed by atoms with E-state index in [4.69, 9.17) is 11.2 Å². The highest BCUT2D eigenvalue weighted by Gasteiger charge is 1.99. The van der Waals surface area contributed by atoms with Crippen molar-refractivity contribution in [3.05, 3.63) is 35.9 Å². The van der Waals surface area contributed by atoms with Gasteiger partial charge >= 0.3 is 6.09 Å². The predicted octanol–water partition coefficient (Wildman–Crippen LogP) is 1.55. The first-order valence-corrected chi connectivity index (χ1v) is 4.21. The molecule has 0 radical (unpaired) electrons. The van der Waals surface area contributed by atoms with E-state index in [0.717, 1.165) is 5.56 Å². The van der Waals surface area contributed by atoms with Crippen LogP contribution < -0.4 is 5.32 Å². The van der Waals surface area contributed by atoms with Crippen LogP contribution in [0.4, 0.5) is 4.79 Å². The minimum absolute atomic E-state index is 0.188. The average molecular weight is 189 g/mol. The molecule has 14 heavy (non-hydrogen) atoms. The topological polar surface area (TPSA) is 38.3 Å². The number of alkyl carbamates (subject to hydrolysis) is 1. The summed E-state index contributed by atoms with van der Waals surface area (Å²) in [4.78, 5) is 10.9. The molecule has 1 N–H and O–H groups in total. The molecular formula is C11H11NO2. The van der Waals surface area contributed by atoms with Crippen molar-refractivity contribution in [1.29, 1.82) is 0 Å². The first kappa shape index (κ1) is 10.1. The number of amides is 1. The Morgan fingerprint density at radius 2 is 2.14 bits per heavy atom. The molecule has 0 aliphatic carbocycles. The van der Waals surface area contributed by atoms with Gasteiger partial charge in [-0.05, 0) is 5.56 Å². The van der Waals surface area contributed by atoms with Crippen LogP contribution in [-0.2, 0) is 11.3 Å². The van der Waals surface area contributed by atoms with E-state index in [1.165, 1.54) is 0 Å². The Morgan fingerprint density at radius 1 is 1.43 bits per heavy atom. The summed E-state index contributed by atoms with van der Waals surface area (Å²) < 4.78 is 4.88. The van der Waals surface area contributed by atoms with Gasteiger partial charge in [0.25, 0.3) is 0 Å². The van der Waals surface area contributed by atoms with E-state index in [9.17, 15) is 4.79 Å².